The van der Waals surface area contributed by atoms with Crippen molar-refractivity contribution in [2.75, 3.05) is 26.2 Å². The van der Waals surface area contributed by atoms with E-state index in [1.54, 1.807) is 22.5 Å². The number of rotatable bonds is 3. The quantitative estimate of drug-likeness (QED) is 0.811. The molecule has 2 heterocycles. The van der Waals surface area contributed by atoms with Gasteiger partial charge in [-0.1, -0.05) is 26.3 Å². The van der Waals surface area contributed by atoms with Crippen molar-refractivity contribution in [3.63, 3.8) is 0 Å². The molecule has 26 heavy (non-hydrogen) atoms. The molecule has 2 unspecified atom stereocenters. The lowest BCUT2D eigenvalue weighted by molar-refractivity contribution is 0.0622. The molecule has 144 valence electrons. The van der Waals surface area contributed by atoms with Gasteiger partial charge in [-0.25, -0.2) is 8.42 Å². The molecular formula is C20H30N2O3S. The summed E-state index contributed by atoms with van der Waals surface area (Å²) in [5, 5.41) is 0. The molecule has 1 aromatic carbocycles. The Labute approximate surface area is 157 Å². The molecule has 2 atom stereocenters. The summed E-state index contributed by atoms with van der Waals surface area (Å²) in [5.41, 5.74) is 1.35. The lowest BCUT2D eigenvalue weighted by Crippen LogP contribution is -2.43. The minimum atomic E-state index is -3.52. The fraction of sp³-hybridized carbons (Fsp3) is 0.650. The van der Waals surface area contributed by atoms with Gasteiger partial charge in [-0.2, -0.15) is 4.31 Å². The minimum absolute atomic E-state index is 0.0448. The van der Waals surface area contributed by atoms with E-state index >= 15 is 0 Å². The maximum absolute atomic E-state index is 13.1. The minimum Gasteiger partial charge on any atom is -0.338 e. The highest BCUT2D eigenvalue weighted by Gasteiger charge is 2.30. The predicted molar refractivity (Wildman–Crippen MR) is 103 cm³/mol. The van der Waals surface area contributed by atoms with E-state index in [1.807, 2.05) is 11.8 Å². The molecule has 6 heteroatoms. The second-order valence-corrected chi connectivity index (χ2v) is 10.0. The predicted octanol–water partition coefficient (Wildman–Crippen LogP) is 3.29. The van der Waals surface area contributed by atoms with Gasteiger partial charge in [-0.15, -0.1) is 0 Å². The summed E-state index contributed by atoms with van der Waals surface area (Å²) in [6, 6.07) is 4.99. The second kappa shape index (κ2) is 7.69. The number of aryl methyl sites for hydroxylation is 1. The van der Waals surface area contributed by atoms with Crippen molar-refractivity contribution in [3.8, 4) is 0 Å². The van der Waals surface area contributed by atoms with Gasteiger partial charge in [0.2, 0.25) is 10.0 Å². The summed E-state index contributed by atoms with van der Waals surface area (Å²) in [6.07, 6.45) is 4.02. The van der Waals surface area contributed by atoms with Crippen LogP contribution < -0.4 is 0 Å². The van der Waals surface area contributed by atoms with Gasteiger partial charge in [0.15, 0.2) is 0 Å². The van der Waals surface area contributed by atoms with Crippen molar-refractivity contribution in [1.29, 1.82) is 0 Å². The molecule has 2 saturated heterocycles. The normalized spacial score (nSPS) is 25.3. The first-order chi connectivity index (χ1) is 12.3. The Balaban J connectivity index is 1.89. The third-order valence-electron chi connectivity index (χ3n) is 5.55. The molecule has 0 bridgehead atoms. The molecule has 0 spiro atoms. The molecular weight excluding hydrogens is 348 g/mol. The number of nitrogens with zero attached hydrogens (tertiary/aromatic N) is 2. The van der Waals surface area contributed by atoms with E-state index in [0.717, 1.165) is 44.3 Å². The number of likely N-dealkylation sites (tertiary alicyclic amines) is 1. The highest BCUT2D eigenvalue weighted by Crippen LogP contribution is 2.26. The van der Waals surface area contributed by atoms with E-state index < -0.39 is 10.0 Å². The number of hydrogen-bond acceptors (Lipinski definition) is 3. The largest absolute Gasteiger partial charge is 0.338 e. The zero-order valence-corrected chi connectivity index (χ0v) is 16.9. The Hall–Kier alpha value is -1.40. The summed E-state index contributed by atoms with van der Waals surface area (Å²) in [4.78, 5) is 15.2. The van der Waals surface area contributed by atoms with Gasteiger partial charge in [0.05, 0.1) is 4.90 Å². The molecule has 0 N–H and O–H groups in total. The van der Waals surface area contributed by atoms with Gasteiger partial charge < -0.3 is 4.90 Å². The first-order valence-electron chi connectivity index (χ1n) is 9.69. The van der Waals surface area contributed by atoms with Crippen LogP contribution in [0, 0.1) is 18.8 Å². The lowest BCUT2D eigenvalue weighted by atomic mass is 9.91. The summed E-state index contributed by atoms with van der Waals surface area (Å²) >= 11 is 0. The van der Waals surface area contributed by atoms with Gasteiger partial charge in [0.1, 0.15) is 0 Å². The van der Waals surface area contributed by atoms with E-state index in [9.17, 15) is 13.2 Å². The van der Waals surface area contributed by atoms with Crippen LogP contribution in [0.2, 0.25) is 0 Å². The van der Waals surface area contributed by atoms with Crippen LogP contribution in [-0.4, -0.2) is 49.7 Å². The second-order valence-electron chi connectivity index (χ2n) is 8.10. The van der Waals surface area contributed by atoms with E-state index in [0.29, 0.717) is 30.5 Å². The lowest BCUT2D eigenvalue weighted by Gasteiger charge is -2.35. The Kier molecular flexibility index (Phi) is 5.72. The van der Waals surface area contributed by atoms with Crippen LogP contribution in [-0.2, 0) is 10.0 Å². The molecule has 1 aromatic rings. The summed E-state index contributed by atoms with van der Waals surface area (Å²) in [5.74, 6) is 0.906. The number of benzene rings is 1. The summed E-state index contributed by atoms with van der Waals surface area (Å²) in [7, 11) is -3.52. The van der Waals surface area contributed by atoms with Crippen molar-refractivity contribution in [3.05, 3.63) is 29.3 Å². The highest BCUT2D eigenvalue weighted by atomic mass is 32.2. The third-order valence-corrected chi connectivity index (χ3v) is 7.44. The standard InChI is InChI=1S/C20H30N2O3S/c1-15-11-16(2)14-21(13-15)20(23)19-12-18(8-7-17(19)3)26(24,25)22-9-5-4-6-10-22/h7-8,12,15-16H,4-6,9-11,13-14H2,1-3H3. The van der Waals surface area contributed by atoms with E-state index in [4.69, 9.17) is 0 Å². The average molecular weight is 379 g/mol. The summed E-state index contributed by atoms with van der Waals surface area (Å²) in [6.45, 7) is 8.83. The smallest absolute Gasteiger partial charge is 0.254 e. The van der Waals surface area contributed by atoms with Crippen molar-refractivity contribution in [2.45, 2.75) is 51.3 Å². The topological polar surface area (TPSA) is 57.7 Å². The molecule has 0 radical (unpaired) electrons. The van der Waals surface area contributed by atoms with Gasteiger partial charge in [0, 0.05) is 31.7 Å². The van der Waals surface area contributed by atoms with E-state index in [-0.39, 0.29) is 10.8 Å². The fourth-order valence-electron chi connectivity index (χ4n) is 4.25. The molecule has 2 aliphatic rings. The van der Waals surface area contributed by atoms with Crippen LogP contribution in [0.1, 0.15) is 55.5 Å². The number of carbonyl (C=O) groups is 1. The molecule has 0 aliphatic carbocycles. The summed E-state index contributed by atoms with van der Waals surface area (Å²) < 4.78 is 27.5. The third kappa shape index (κ3) is 3.96. The molecule has 2 aliphatic heterocycles. The number of amides is 1. The highest BCUT2D eigenvalue weighted by molar-refractivity contribution is 7.89. The molecule has 3 rings (SSSR count). The zero-order chi connectivity index (χ0) is 18.9. The van der Waals surface area contributed by atoms with Crippen LogP contribution in [0.15, 0.2) is 23.1 Å². The maximum Gasteiger partial charge on any atom is 0.254 e. The Morgan fingerprint density at radius 1 is 1.04 bits per heavy atom. The Bertz CT molecular complexity index is 759. The van der Waals surface area contributed by atoms with Crippen LogP contribution in [0.3, 0.4) is 0 Å². The van der Waals surface area contributed by atoms with Gasteiger partial charge in [0.25, 0.3) is 5.91 Å². The molecule has 0 saturated carbocycles. The fourth-order valence-corrected chi connectivity index (χ4v) is 5.79. The first-order valence-corrected chi connectivity index (χ1v) is 11.1. The Morgan fingerprint density at radius 2 is 1.65 bits per heavy atom. The molecule has 0 aromatic heterocycles. The van der Waals surface area contributed by atoms with Crippen molar-refractivity contribution >= 4 is 15.9 Å². The molecule has 2 fully saturated rings. The van der Waals surface area contributed by atoms with Gasteiger partial charge in [-0.3, -0.25) is 4.79 Å². The van der Waals surface area contributed by atoms with E-state index in [2.05, 4.69) is 13.8 Å². The first kappa shape index (κ1) is 19.4. The van der Waals surface area contributed by atoms with Crippen molar-refractivity contribution in [2.24, 2.45) is 11.8 Å². The van der Waals surface area contributed by atoms with Crippen LogP contribution >= 0.6 is 0 Å². The monoisotopic (exact) mass is 378 g/mol. The molecule has 5 nitrogen and oxygen atoms in total. The van der Waals surface area contributed by atoms with Gasteiger partial charge in [-0.05, 0) is 55.7 Å². The zero-order valence-electron chi connectivity index (χ0n) is 16.1. The Morgan fingerprint density at radius 3 is 2.27 bits per heavy atom. The maximum atomic E-state index is 13.1. The van der Waals surface area contributed by atoms with Gasteiger partial charge >= 0.3 is 0 Å². The van der Waals surface area contributed by atoms with E-state index in [1.165, 1.54) is 0 Å². The van der Waals surface area contributed by atoms with Crippen LogP contribution in [0.4, 0.5) is 0 Å². The average Bonchev–Trinajstić information content (AvgIpc) is 2.61. The number of carbonyl (C=O) groups excluding carboxylic acids is 1. The van der Waals surface area contributed by atoms with Crippen LogP contribution in [0.25, 0.3) is 0 Å². The van der Waals surface area contributed by atoms with Crippen molar-refractivity contribution < 1.29 is 13.2 Å². The van der Waals surface area contributed by atoms with Crippen molar-refractivity contribution in [1.82, 2.24) is 9.21 Å². The number of piperidine rings is 2. The molecule has 1 amide bonds. The number of hydrogen-bond donors (Lipinski definition) is 0. The van der Waals surface area contributed by atoms with Crippen LogP contribution in [0.5, 0.6) is 0 Å². The SMILES string of the molecule is Cc1ccc(S(=O)(=O)N2CCCCC2)cc1C(=O)N1CC(C)CC(C)C1. The number of sulfonamides is 1.